The van der Waals surface area contributed by atoms with E-state index in [4.69, 9.17) is 5.84 Å². The third-order valence-corrected chi connectivity index (χ3v) is 3.78. The molecule has 0 aliphatic heterocycles. The molecule has 3 rings (SSSR count). The second-order valence-corrected chi connectivity index (χ2v) is 5.59. The van der Waals surface area contributed by atoms with Gasteiger partial charge >= 0.3 is 5.69 Å². The Morgan fingerprint density at radius 1 is 1.00 bits per heavy atom. The van der Waals surface area contributed by atoms with Gasteiger partial charge in [-0.3, -0.25) is 5.01 Å². The highest BCUT2D eigenvalue weighted by Crippen LogP contribution is 2.14. The van der Waals surface area contributed by atoms with Crippen molar-refractivity contribution in [3.63, 3.8) is 0 Å². The van der Waals surface area contributed by atoms with Crippen molar-refractivity contribution in [2.75, 3.05) is 5.01 Å². The van der Waals surface area contributed by atoms with Gasteiger partial charge in [-0.2, -0.15) is 9.97 Å². The molecule has 0 saturated carbocycles. The van der Waals surface area contributed by atoms with E-state index < -0.39 is 5.69 Å². The average molecular weight is 321 g/mol. The predicted octanol–water partition coefficient (Wildman–Crippen LogP) is 2.12. The van der Waals surface area contributed by atoms with Gasteiger partial charge in [0, 0.05) is 0 Å². The van der Waals surface area contributed by atoms with Gasteiger partial charge in [-0.1, -0.05) is 48.5 Å². The fraction of sp³-hybridized carbons (Fsp3) is 0.167. The number of hydrogen-bond donors (Lipinski definition) is 1. The van der Waals surface area contributed by atoms with Crippen LogP contribution < -0.4 is 16.5 Å². The van der Waals surface area contributed by atoms with E-state index in [0.29, 0.717) is 12.4 Å². The number of aryl methyl sites for hydroxylation is 2. The average Bonchev–Trinajstić information content (AvgIpc) is 2.56. The molecule has 0 bridgehead atoms. The highest BCUT2D eigenvalue weighted by Gasteiger charge is 2.13. The second-order valence-electron chi connectivity index (χ2n) is 5.59. The lowest BCUT2D eigenvalue weighted by Gasteiger charge is -2.18. The van der Waals surface area contributed by atoms with Crippen LogP contribution in [0.1, 0.15) is 17.0 Å². The highest BCUT2D eigenvalue weighted by atomic mass is 16.1. The monoisotopic (exact) mass is 321 g/mol. The van der Waals surface area contributed by atoms with Crippen molar-refractivity contribution in [2.45, 2.75) is 20.4 Å². The Balaban J connectivity index is 1.96. The van der Waals surface area contributed by atoms with Crippen molar-refractivity contribution in [3.05, 3.63) is 82.0 Å². The first-order valence-electron chi connectivity index (χ1n) is 7.66. The highest BCUT2D eigenvalue weighted by molar-refractivity contribution is 5.41. The summed E-state index contributed by atoms with van der Waals surface area (Å²) in [6, 6.07) is 17.4. The fourth-order valence-corrected chi connectivity index (χ4v) is 2.56. The summed E-state index contributed by atoms with van der Waals surface area (Å²) in [5, 5.41) is 1.38. The number of benzene rings is 2. The topological polar surface area (TPSA) is 77.0 Å². The fourth-order valence-electron chi connectivity index (χ4n) is 2.56. The number of hydrogen-bond acceptors (Lipinski definition) is 5. The van der Waals surface area contributed by atoms with Crippen LogP contribution in [-0.4, -0.2) is 14.5 Å². The molecule has 122 valence electrons. The molecule has 0 amide bonds. The molecule has 24 heavy (non-hydrogen) atoms. The SMILES string of the molecule is Cc1ccccc1-n1c(C)nc(N(N)Cc2ccccc2)nc1=O. The van der Waals surface area contributed by atoms with Crippen LogP contribution in [0.5, 0.6) is 0 Å². The number of hydrazine groups is 1. The van der Waals surface area contributed by atoms with Crippen LogP contribution in [-0.2, 0) is 6.54 Å². The molecule has 1 aromatic heterocycles. The summed E-state index contributed by atoms with van der Waals surface area (Å²) in [6.07, 6.45) is 0. The maximum absolute atomic E-state index is 12.5. The minimum atomic E-state index is -0.393. The lowest BCUT2D eigenvalue weighted by molar-refractivity contribution is 0.741. The number of nitrogens with zero attached hydrogens (tertiary/aromatic N) is 4. The van der Waals surface area contributed by atoms with E-state index in [1.807, 2.05) is 61.5 Å². The largest absolute Gasteiger partial charge is 0.356 e. The lowest BCUT2D eigenvalue weighted by atomic mass is 10.2. The maximum atomic E-state index is 12.5. The molecule has 0 atom stereocenters. The van der Waals surface area contributed by atoms with E-state index in [1.165, 1.54) is 9.58 Å². The number of rotatable bonds is 4. The molecule has 0 aliphatic carbocycles. The quantitative estimate of drug-likeness (QED) is 0.588. The Morgan fingerprint density at radius 2 is 1.67 bits per heavy atom. The molecular formula is C18H19N5O. The lowest BCUT2D eigenvalue weighted by Crippen LogP contribution is -2.36. The Hall–Kier alpha value is -2.99. The molecular weight excluding hydrogens is 302 g/mol. The summed E-state index contributed by atoms with van der Waals surface area (Å²) >= 11 is 0. The summed E-state index contributed by atoms with van der Waals surface area (Å²) in [6.45, 7) is 4.14. The minimum absolute atomic E-state index is 0.214. The van der Waals surface area contributed by atoms with Crippen LogP contribution in [0.3, 0.4) is 0 Å². The van der Waals surface area contributed by atoms with Gasteiger partial charge in [0.1, 0.15) is 5.82 Å². The zero-order valence-electron chi connectivity index (χ0n) is 13.7. The van der Waals surface area contributed by atoms with Crippen LogP contribution in [0.25, 0.3) is 5.69 Å². The summed E-state index contributed by atoms with van der Waals surface area (Å²) in [5.41, 5.74) is 2.38. The van der Waals surface area contributed by atoms with Gasteiger partial charge in [-0.15, -0.1) is 0 Å². The molecule has 0 unspecified atom stereocenters. The van der Waals surface area contributed by atoms with E-state index in [2.05, 4.69) is 9.97 Å². The van der Waals surface area contributed by atoms with Gasteiger partial charge in [0.15, 0.2) is 0 Å². The van der Waals surface area contributed by atoms with Crippen LogP contribution in [0.4, 0.5) is 5.95 Å². The number of aromatic nitrogens is 3. The molecule has 6 heteroatoms. The van der Waals surface area contributed by atoms with E-state index >= 15 is 0 Å². The van der Waals surface area contributed by atoms with Crippen molar-refractivity contribution >= 4 is 5.95 Å². The summed E-state index contributed by atoms with van der Waals surface area (Å²) in [7, 11) is 0. The normalized spacial score (nSPS) is 10.6. The molecule has 1 heterocycles. The third-order valence-electron chi connectivity index (χ3n) is 3.78. The summed E-state index contributed by atoms with van der Waals surface area (Å²) < 4.78 is 1.50. The molecule has 2 N–H and O–H groups in total. The molecule has 0 saturated heterocycles. The molecule has 0 fully saturated rings. The Morgan fingerprint density at radius 3 is 2.33 bits per heavy atom. The van der Waals surface area contributed by atoms with Crippen LogP contribution in [0.15, 0.2) is 59.4 Å². The number of para-hydroxylation sites is 1. The molecule has 0 spiro atoms. The van der Waals surface area contributed by atoms with Crippen molar-refractivity contribution in [2.24, 2.45) is 5.84 Å². The van der Waals surface area contributed by atoms with Crippen molar-refractivity contribution in [3.8, 4) is 5.69 Å². The first-order valence-corrected chi connectivity index (χ1v) is 7.66. The van der Waals surface area contributed by atoms with Crippen LogP contribution in [0.2, 0.25) is 0 Å². The first kappa shape index (κ1) is 15.9. The number of anilines is 1. The molecule has 3 aromatic rings. The molecule has 6 nitrogen and oxygen atoms in total. The smallest absolute Gasteiger partial charge is 0.274 e. The van der Waals surface area contributed by atoms with Crippen molar-refractivity contribution in [1.29, 1.82) is 0 Å². The van der Waals surface area contributed by atoms with Crippen molar-refractivity contribution in [1.82, 2.24) is 14.5 Å². The van der Waals surface area contributed by atoms with Crippen molar-refractivity contribution < 1.29 is 0 Å². The van der Waals surface area contributed by atoms with Gasteiger partial charge in [-0.05, 0) is 31.0 Å². The Kier molecular flexibility index (Phi) is 4.39. The predicted molar refractivity (Wildman–Crippen MR) is 93.9 cm³/mol. The Labute approximate surface area is 140 Å². The van der Waals surface area contributed by atoms with E-state index in [9.17, 15) is 4.79 Å². The molecule has 0 aliphatic rings. The zero-order valence-corrected chi connectivity index (χ0v) is 13.7. The van der Waals surface area contributed by atoms with E-state index in [-0.39, 0.29) is 5.95 Å². The van der Waals surface area contributed by atoms with Crippen LogP contribution in [0, 0.1) is 13.8 Å². The second kappa shape index (κ2) is 6.64. The zero-order chi connectivity index (χ0) is 17.1. The van der Waals surface area contributed by atoms with E-state index in [1.54, 1.807) is 6.92 Å². The first-order chi connectivity index (χ1) is 11.6. The maximum Gasteiger partial charge on any atom is 0.356 e. The van der Waals surface area contributed by atoms with Gasteiger partial charge in [0.2, 0.25) is 5.95 Å². The third kappa shape index (κ3) is 3.18. The molecule has 0 radical (unpaired) electrons. The molecule has 2 aromatic carbocycles. The van der Waals surface area contributed by atoms with Gasteiger partial charge in [0.25, 0.3) is 0 Å². The van der Waals surface area contributed by atoms with Crippen LogP contribution >= 0.6 is 0 Å². The van der Waals surface area contributed by atoms with E-state index in [0.717, 1.165) is 16.8 Å². The van der Waals surface area contributed by atoms with Gasteiger partial charge < -0.3 is 0 Å². The minimum Gasteiger partial charge on any atom is -0.274 e. The van der Waals surface area contributed by atoms with Gasteiger partial charge in [-0.25, -0.2) is 15.2 Å². The Bertz CT molecular complexity index is 905. The van der Waals surface area contributed by atoms with Gasteiger partial charge in [0.05, 0.1) is 12.2 Å². The number of nitrogens with two attached hydrogens (primary N) is 1. The standard InChI is InChI=1S/C18H19N5O/c1-13-8-6-7-11-16(13)23-14(2)20-17(21-18(23)24)22(19)12-15-9-4-3-5-10-15/h3-11H,12,19H2,1-2H3. The summed E-state index contributed by atoms with van der Waals surface area (Å²) in [5.74, 6) is 6.80. The summed E-state index contributed by atoms with van der Waals surface area (Å²) in [4.78, 5) is 20.9.